The number of nitriles is 1. The van der Waals surface area contributed by atoms with Crippen LogP contribution in [-0.2, 0) is 0 Å². The van der Waals surface area contributed by atoms with E-state index < -0.39 is 0 Å². The number of hydrogen-bond acceptors (Lipinski definition) is 3. The molecule has 106 valence electrons. The lowest BCUT2D eigenvalue weighted by Crippen LogP contribution is -2.60. The molecule has 3 rings (SSSR count). The molecule has 0 aliphatic carbocycles. The number of aliphatic hydroxyl groups excluding tert-OH is 1. The molecule has 21 heavy (non-hydrogen) atoms. The highest BCUT2D eigenvalue weighted by molar-refractivity contribution is 5.63. The molecule has 0 unspecified atom stereocenters. The van der Waals surface area contributed by atoms with Gasteiger partial charge in [-0.05, 0) is 28.8 Å². The minimum atomic E-state index is -0.262. The molecule has 0 amide bonds. The van der Waals surface area contributed by atoms with Gasteiger partial charge in [-0.1, -0.05) is 36.4 Å². The van der Waals surface area contributed by atoms with E-state index in [4.69, 9.17) is 5.26 Å². The summed E-state index contributed by atoms with van der Waals surface area (Å²) in [6.07, 6.45) is 0. The monoisotopic (exact) mass is 282 g/mol. The van der Waals surface area contributed by atoms with Gasteiger partial charge in [-0.3, -0.25) is 5.32 Å². The Morgan fingerprint density at radius 1 is 1.14 bits per heavy atom. The van der Waals surface area contributed by atoms with Crippen molar-refractivity contribution in [3.05, 3.63) is 59.9 Å². The Morgan fingerprint density at radius 3 is 2.52 bits per heavy atom. The fourth-order valence-corrected chi connectivity index (χ4v) is 2.83. The second-order valence-electron chi connectivity index (χ2n) is 5.22. The van der Waals surface area contributed by atoms with Crippen LogP contribution in [0.1, 0.15) is 11.5 Å². The molecule has 2 aromatic rings. The summed E-state index contributed by atoms with van der Waals surface area (Å²) in [4.78, 5) is 0. The van der Waals surface area contributed by atoms with E-state index in [-0.39, 0.29) is 30.4 Å². The smallest absolute Gasteiger partial charge is 0.123 e. The van der Waals surface area contributed by atoms with Crippen LogP contribution < -0.4 is 5.32 Å². The average molecular weight is 282 g/mol. The minimum absolute atomic E-state index is 0.00144. The van der Waals surface area contributed by atoms with Gasteiger partial charge in [-0.15, -0.1) is 0 Å². The largest absolute Gasteiger partial charge is 0.395 e. The lowest BCUT2D eigenvalue weighted by atomic mass is 9.78. The van der Waals surface area contributed by atoms with E-state index in [2.05, 4.69) is 11.4 Å². The highest BCUT2D eigenvalue weighted by Crippen LogP contribution is 2.33. The summed E-state index contributed by atoms with van der Waals surface area (Å²) in [7, 11) is 0. The first kappa shape index (κ1) is 13.7. The van der Waals surface area contributed by atoms with Crippen molar-refractivity contribution in [2.24, 2.45) is 0 Å². The van der Waals surface area contributed by atoms with E-state index in [1.165, 1.54) is 12.1 Å². The molecule has 3 atom stereocenters. The molecular weight excluding hydrogens is 267 g/mol. The van der Waals surface area contributed by atoms with Gasteiger partial charge in [0.1, 0.15) is 11.9 Å². The second kappa shape index (κ2) is 5.65. The molecule has 2 N–H and O–H groups in total. The number of hydrogen-bond donors (Lipinski definition) is 2. The molecule has 0 aromatic heterocycles. The fourth-order valence-electron chi connectivity index (χ4n) is 2.83. The van der Waals surface area contributed by atoms with Crippen LogP contribution in [-0.4, -0.2) is 23.8 Å². The van der Waals surface area contributed by atoms with Crippen molar-refractivity contribution in [2.45, 2.75) is 18.0 Å². The first-order valence-electron chi connectivity index (χ1n) is 6.85. The predicted molar refractivity (Wildman–Crippen MR) is 78.0 cm³/mol. The van der Waals surface area contributed by atoms with Gasteiger partial charge in [0.2, 0.25) is 0 Å². The maximum Gasteiger partial charge on any atom is 0.123 e. The van der Waals surface area contributed by atoms with E-state index in [0.717, 1.165) is 16.7 Å². The highest BCUT2D eigenvalue weighted by Gasteiger charge is 2.41. The van der Waals surface area contributed by atoms with Crippen LogP contribution in [0.25, 0.3) is 11.1 Å². The number of nitrogens with zero attached hydrogens (tertiary/aromatic N) is 1. The number of benzene rings is 2. The third-order valence-electron chi connectivity index (χ3n) is 3.98. The van der Waals surface area contributed by atoms with Gasteiger partial charge in [-0.25, -0.2) is 4.39 Å². The minimum Gasteiger partial charge on any atom is -0.395 e. The zero-order valence-corrected chi connectivity index (χ0v) is 11.3. The molecule has 0 radical (unpaired) electrons. The first-order valence-corrected chi connectivity index (χ1v) is 6.85. The third kappa shape index (κ3) is 2.54. The molecule has 1 heterocycles. The molecule has 0 saturated carbocycles. The second-order valence-corrected chi connectivity index (χ2v) is 5.22. The van der Waals surface area contributed by atoms with Crippen molar-refractivity contribution in [1.29, 1.82) is 5.26 Å². The summed E-state index contributed by atoms with van der Waals surface area (Å²) in [5, 5.41) is 21.4. The van der Waals surface area contributed by atoms with Crippen molar-refractivity contribution < 1.29 is 9.50 Å². The number of nitrogens with one attached hydrogen (secondary N) is 1. The Morgan fingerprint density at radius 2 is 1.90 bits per heavy atom. The number of rotatable bonds is 3. The first-order chi connectivity index (χ1) is 10.2. The Kier molecular flexibility index (Phi) is 3.70. The van der Waals surface area contributed by atoms with Crippen LogP contribution in [0.3, 0.4) is 0 Å². The molecular formula is C17H15FN2O. The van der Waals surface area contributed by atoms with E-state index in [9.17, 15) is 9.50 Å². The molecule has 3 nitrogen and oxygen atoms in total. The number of halogens is 1. The third-order valence-corrected chi connectivity index (χ3v) is 3.98. The molecule has 4 heteroatoms. The summed E-state index contributed by atoms with van der Waals surface area (Å²) in [6.45, 7) is 0.00843. The summed E-state index contributed by atoms with van der Waals surface area (Å²) in [6, 6.07) is 16.0. The lowest BCUT2D eigenvalue weighted by Gasteiger charge is -2.41. The number of aliphatic hydroxyl groups is 1. The van der Waals surface area contributed by atoms with Gasteiger partial charge in [0.25, 0.3) is 0 Å². The Labute approximate surface area is 122 Å². The molecule has 0 bridgehead atoms. The molecule has 1 saturated heterocycles. The van der Waals surface area contributed by atoms with E-state index in [0.29, 0.717) is 0 Å². The van der Waals surface area contributed by atoms with E-state index >= 15 is 0 Å². The highest BCUT2D eigenvalue weighted by atomic mass is 19.1. The summed E-state index contributed by atoms with van der Waals surface area (Å²) in [5.74, 6) is -0.258. The van der Waals surface area contributed by atoms with Gasteiger partial charge in [-0.2, -0.15) is 5.26 Å². The van der Waals surface area contributed by atoms with Crippen molar-refractivity contribution in [3.63, 3.8) is 0 Å². The standard InChI is InChI=1S/C17H15FN2O/c18-14-3-1-2-13(8-14)11-4-6-12(7-5-11)17-15(9-19)20-16(17)10-21/h1-8,15-17,20-21H,10H2/t15-,16-,17-/m1/s1. The van der Waals surface area contributed by atoms with Crippen LogP contribution in [0.4, 0.5) is 4.39 Å². The Balaban J connectivity index is 1.86. The van der Waals surface area contributed by atoms with Crippen LogP contribution in [0, 0.1) is 17.1 Å². The van der Waals surface area contributed by atoms with Crippen LogP contribution >= 0.6 is 0 Å². The van der Waals surface area contributed by atoms with Crippen molar-refractivity contribution >= 4 is 0 Å². The maximum atomic E-state index is 13.2. The zero-order valence-electron chi connectivity index (χ0n) is 11.3. The van der Waals surface area contributed by atoms with Crippen LogP contribution in [0.2, 0.25) is 0 Å². The van der Waals surface area contributed by atoms with Gasteiger partial charge >= 0.3 is 0 Å². The van der Waals surface area contributed by atoms with Gasteiger partial charge in [0.05, 0.1) is 12.7 Å². The predicted octanol–water partition coefficient (Wildman–Crippen LogP) is 2.43. The fraction of sp³-hybridized carbons (Fsp3) is 0.235. The molecule has 0 spiro atoms. The Hall–Kier alpha value is -2.22. The van der Waals surface area contributed by atoms with Crippen molar-refractivity contribution in [3.8, 4) is 17.2 Å². The van der Waals surface area contributed by atoms with Crippen molar-refractivity contribution in [2.75, 3.05) is 6.61 Å². The maximum absolute atomic E-state index is 13.2. The molecule has 1 aliphatic heterocycles. The van der Waals surface area contributed by atoms with E-state index in [1.807, 2.05) is 30.3 Å². The van der Waals surface area contributed by atoms with Crippen LogP contribution in [0.15, 0.2) is 48.5 Å². The average Bonchev–Trinajstić information content (AvgIpc) is 2.48. The normalized spacial score (nSPS) is 24.1. The van der Waals surface area contributed by atoms with Gasteiger partial charge < -0.3 is 5.11 Å². The summed E-state index contributed by atoms with van der Waals surface area (Å²) < 4.78 is 13.2. The molecule has 1 aliphatic rings. The quantitative estimate of drug-likeness (QED) is 0.909. The topological polar surface area (TPSA) is 56.0 Å². The summed E-state index contributed by atoms with van der Waals surface area (Å²) in [5.41, 5.74) is 2.77. The van der Waals surface area contributed by atoms with Gasteiger partial charge in [0.15, 0.2) is 0 Å². The summed E-state index contributed by atoms with van der Waals surface area (Å²) >= 11 is 0. The molecule has 2 aromatic carbocycles. The van der Waals surface area contributed by atoms with Crippen LogP contribution in [0.5, 0.6) is 0 Å². The SMILES string of the molecule is N#C[C@H]1N[C@H](CO)[C@@H]1c1ccc(-c2cccc(F)c2)cc1. The Bertz CT molecular complexity index is 678. The van der Waals surface area contributed by atoms with Gasteiger partial charge in [0, 0.05) is 12.0 Å². The zero-order chi connectivity index (χ0) is 14.8. The lowest BCUT2D eigenvalue weighted by molar-refractivity contribution is 0.151. The van der Waals surface area contributed by atoms with Crippen molar-refractivity contribution in [1.82, 2.24) is 5.32 Å². The molecule has 1 fully saturated rings. The van der Waals surface area contributed by atoms with E-state index in [1.54, 1.807) is 6.07 Å².